The van der Waals surface area contributed by atoms with Crippen molar-refractivity contribution >= 4 is 11.3 Å². The maximum absolute atomic E-state index is 4.64. The lowest BCUT2D eigenvalue weighted by molar-refractivity contribution is 0.667. The van der Waals surface area contributed by atoms with Crippen molar-refractivity contribution in [1.29, 1.82) is 0 Å². The van der Waals surface area contributed by atoms with Gasteiger partial charge in [-0.3, -0.25) is 4.98 Å². The van der Waals surface area contributed by atoms with Crippen molar-refractivity contribution in [2.24, 2.45) is 0 Å². The molecule has 3 nitrogen and oxygen atoms in total. The number of rotatable bonds is 6. The average Bonchev–Trinajstić information content (AvgIpc) is 2.83. The normalized spacial score (nSPS) is 10.8. The summed E-state index contributed by atoms with van der Waals surface area (Å²) in [7, 11) is 0. The number of hydrogen-bond acceptors (Lipinski definition) is 4. The van der Waals surface area contributed by atoms with Crippen LogP contribution in [0.2, 0.25) is 0 Å². The van der Waals surface area contributed by atoms with Crippen LogP contribution in [0.4, 0.5) is 0 Å². The highest BCUT2D eigenvalue weighted by Gasteiger charge is 2.05. The monoisotopic (exact) mass is 261 g/mol. The molecule has 2 heterocycles. The van der Waals surface area contributed by atoms with E-state index in [1.54, 1.807) is 11.3 Å². The van der Waals surface area contributed by atoms with Gasteiger partial charge in [-0.05, 0) is 37.6 Å². The fourth-order valence-corrected chi connectivity index (χ4v) is 2.53. The van der Waals surface area contributed by atoms with E-state index < -0.39 is 0 Å². The van der Waals surface area contributed by atoms with Crippen molar-refractivity contribution in [1.82, 2.24) is 15.3 Å². The maximum Gasteiger partial charge on any atom is 0.142 e. The summed E-state index contributed by atoms with van der Waals surface area (Å²) in [5, 5.41) is 6.54. The van der Waals surface area contributed by atoms with Gasteiger partial charge in [0.25, 0.3) is 0 Å². The van der Waals surface area contributed by atoms with E-state index in [9.17, 15) is 0 Å². The average molecular weight is 261 g/mol. The third kappa shape index (κ3) is 3.62. The number of thiazole rings is 1. The Kier molecular flexibility index (Phi) is 4.84. The number of pyridine rings is 1. The van der Waals surface area contributed by atoms with Crippen LogP contribution in [-0.2, 0) is 6.42 Å². The predicted octanol–water partition coefficient (Wildman–Crippen LogP) is 3.06. The van der Waals surface area contributed by atoms with E-state index >= 15 is 0 Å². The highest BCUT2D eigenvalue weighted by atomic mass is 32.1. The summed E-state index contributed by atoms with van der Waals surface area (Å²) in [6.07, 6.45) is 4.01. The summed E-state index contributed by atoms with van der Waals surface area (Å²) in [4.78, 5) is 9.00. The lowest BCUT2D eigenvalue weighted by Gasteiger charge is -2.00. The molecule has 0 fully saturated rings. The number of aryl methyl sites for hydroxylation is 1. The molecular weight excluding hydrogens is 242 g/mol. The zero-order valence-corrected chi connectivity index (χ0v) is 11.8. The largest absolute Gasteiger partial charge is 0.316 e. The lowest BCUT2D eigenvalue weighted by atomic mass is 10.2. The van der Waals surface area contributed by atoms with E-state index in [1.165, 1.54) is 12.0 Å². The van der Waals surface area contributed by atoms with Crippen LogP contribution in [0.5, 0.6) is 0 Å². The first kappa shape index (κ1) is 13.2. The molecule has 0 amide bonds. The van der Waals surface area contributed by atoms with Crippen molar-refractivity contribution in [3.8, 4) is 10.7 Å². The Balaban J connectivity index is 1.97. The van der Waals surface area contributed by atoms with Crippen molar-refractivity contribution < 1.29 is 0 Å². The van der Waals surface area contributed by atoms with Crippen molar-refractivity contribution in [2.75, 3.05) is 13.1 Å². The van der Waals surface area contributed by atoms with Crippen LogP contribution >= 0.6 is 11.3 Å². The van der Waals surface area contributed by atoms with E-state index in [4.69, 9.17) is 0 Å². The lowest BCUT2D eigenvalue weighted by Crippen LogP contribution is -2.17. The van der Waals surface area contributed by atoms with Crippen molar-refractivity contribution in [2.45, 2.75) is 26.7 Å². The molecule has 0 radical (unpaired) electrons. The Labute approximate surface area is 112 Å². The molecule has 4 heteroatoms. The topological polar surface area (TPSA) is 37.8 Å². The fourth-order valence-electron chi connectivity index (χ4n) is 1.71. The van der Waals surface area contributed by atoms with Gasteiger partial charge in [-0.15, -0.1) is 11.3 Å². The molecule has 0 unspecified atom stereocenters. The molecule has 2 rings (SSSR count). The summed E-state index contributed by atoms with van der Waals surface area (Å²) < 4.78 is 0. The molecule has 0 aromatic carbocycles. The first-order chi connectivity index (χ1) is 8.79. The standard InChI is InChI=1S/C14H19N3S/c1-3-6-15-7-5-12-10-18-14(17-12)13-9-11(2)4-8-16-13/h4,8-10,15H,3,5-7H2,1-2H3. The molecule has 0 atom stereocenters. The first-order valence-corrected chi connectivity index (χ1v) is 7.25. The maximum atomic E-state index is 4.64. The summed E-state index contributed by atoms with van der Waals surface area (Å²) >= 11 is 1.67. The third-order valence-corrected chi connectivity index (χ3v) is 3.58. The van der Waals surface area contributed by atoms with Gasteiger partial charge in [0.1, 0.15) is 5.01 Å². The van der Waals surface area contributed by atoms with E-state index in [0.717, 1.165) is 35.9 Å². The number of aromatic nitrogens is 2. The van der Waals surface area contributed by atoms with Gasteiger partial charge in [0.15, 0.2) is 0 Å². The predicted molar refractivity (Wildman–Crippen MR) is 76.9 cm³/mol. The molecule has 0 aliphatic carbocycles. The second-order valence-electron chi connectivity index (χ2n) is 4.36. The molecule has 2 aromatic heterocycles. The molecule has 1 N–H and O–H groups in total. The summed E-state index contributed by atoms with van der Waals surface area (Å²) in [6.45, 7) is 6.33. The van der Waals surface area contributed by atoms with Crippen LogP contribution in [-0.4, -0.2) is 23.1 Å². The minimum atomic E-state index is 0.979. The Hall–Kier alpha value is -1.26. The van der Waals surface area contributed by atoms with Gasteiger partial charge in [0.2, 0.25) is 0 Å². The van der Waals surface area contributed by atoms with Gasteiger partial charge in [-0.2, -0.15) is 0 Å². The van der Waals surface area contributed by atoms with E-state index in [1.807, 2.05) is 12.3 Å². The molecule has 0 bridgehead atoms. The Bertz CT molecular complexity index is 493. The highest BCUT2D eigenvalue weighted by Crippen LogP contribution is 2.22. The second kappa shape index (κ2) is 6.61. The third-order valence-electron chi connectivity index (χ3n) is 2.67. The summed E-state index contributed by atoms with van der Waals surface area (Å²) in [5.74, 6) is 0. The summed E-state index contributed by atoms with van der Waals surface area (Å²) in [6, 6.07) is 4.09. The van der Waals surface area contributed by atoms with Gasteiger partial charge >= 0.3 is 0 Å². The fraction of sp³-hybridized carbons (Fsp3) is 0.429. The SMILES string of the molecule is CCCNCCc1csc(-c2cc(C)ccn2)n1. The van der Waals surface area contributed by atoms with E-state index in [0.29, 0.717) is 0 Å². The number of nitrogens with zero attached hydrogens (tertiary/aromatic N) is 2. The summed E-state index contributed by atoms with van der Waals surface area (Å²) in [5.41, 5.74) is 3.36. The molecule has 0 saturated heterocycles. The molecular formula is C14H19N3S. The Morgan fingerprint density at radius 1 is 1.33 bits per heavy atom. The number of hydrogen-bond donors (Lipinski definition) is 1. The molecule has 0 aliphatic rings. The van der Waals surface area contributed by atoms with Gasteiger partial charge in [-0.1, -0.05) is 6.92 Å². The van der Waals surface area contributed by atoms with Crippen LogP contribution < -0.4 is 5.32 Å². The van der Waals surface area contributed by atoms with E-state index in [2.05, 4.69) is 40.6 Å². The minimum Gasteiger partial charge on any atom is -0.316 e. The van der Waals surface area contributed by atoms with Crippen LogP contribution in [0.15, 0.2) is 23.7 Å². The second-order valence-corrected chi connectivity index (χ2v) is 5.22. The molecule has 0 spiro atoms. The van der Waals surface area contributed by atoms with Gasteiger partial charge in [0, 0.05) is 24.5 Å². The molecule has 0 saturated carbocycles. The zero-order valence-electron chi connectivity index (χ0n) is 10.9. The van der Waals surface area contributed by atoms with Gasteiger partial charge in [-0.25, -0.2) is 4.98 Å². The van der Waals surface area contributed by atoms with E-state index in [-0.39, 0.29) is 0 Å². The molecule has 96 valence electrons. The van der Waals surface area contributed by atoms with Crippen molar-refractivity contribution in [3.63, 3.8) is 0 Å². The van der Waals surface area contributed by atoms with Crippen molar-refractivity contribution in [3.05, 3.63) is 35.0 Å². The molecule has 2 aromatic rings. The van der Waals surface area contributed by atoms with Crippen LogP contribution in [0, 0.1) is 6.92 Å². The van der Waals surface area contributed by atoms with Crippen LogP contribution in [0.1, 0.15) is 24.6 Å². The zero-order chi connectivity index (χ0) is 12.8. The quantitative estimate of drug-likeness (QED) is 0.812. The number of nitrogens with one attached hydrogen (secondary N) is 1. The molecule has 0 aliphatic heterocycles. The molecule has 18 heavy (non-hydrogen) atoms. The Morgan fingerprint density at radius 2 is 2.22 bits per heavy atom. The van der Waals surface area contributed by atoms with Gasteiger partial charge < -0.3 is 5.32 Å². The highest BCUT2D eigenvalue weighted by molar-refractivity contribution is 7.13. The van der Waals surface area contributed by atoms with Gasteiger partial charge in [0.05, 0.1) is 11.4 Å². The van der Waals surface area contributed by atoms with Crippen LogP contribution in [0.3, 0.4) is 0 Å². The smallest absolute Gasteiger partial charge is 0.142 e. The first-order valence-electron chi connectivity index (χ1n) is 6.37. The minimum absolute atomic E-state index is 0.979. The Morgan fingerprint density at radius 3 is 3.00 bits per heavy atom. The van der Waals surface area contributed by atoms with Crippen LogP contribution in [0.25, 0.3) is 10.7 Å².